The predicted molar refractivity (Wildman–Crippen MR) is 157 cm³/mol. The van der Waals surface area contributed by atoms with E-state index in [-0.39, 0.29) is 18.9 Å². The van der Waals surface area contributed by atoms with Crippen LogP contribution in [0.15, 0.2) is 91.0 Å². The van der Waals surface area contributed by atoms with Gasteiger partial charge >= 0.3 is 6.09 Å². The molecule has 0 heterocycles. The quantitative estimate of drug-likeness (QED) is 0.253. The van der Waals surface area contributed by atoms with Crippen molar-refractivity contribution in [3.05, 3.63) is 108 Å². The molecule has 4 atom stereocenters. The topological polar surface area (TPSA) is 108 Å². The third-order valence-electron chi connectivity index (χ3n) is 6.58. The lowest BCUT2D eigenvalue weighted by molar-refractivity contribution is -0.127. The lowest BCUT2D eigenvalue weighted by Gasteiger charge is -2.29. The second kappa shape index (κ2) is 15.2. The summed E-state index contributed by atoms with van der Waals surface area (Å²) in [6.07, 6.45) is -0.294. The van der Waals surface area contributed by atoms with Gasteiger partial charge in [-0.1, -0.05) is 91.0 Å². The van der Waals surface area contributed by atoms with Gasteiger partial charge < -0.3 is 25.6 Å². The highest BCUT2D eigenvalue weighted by atomic mass is 16.6. The van der Waals surface area contributed by atoms with Crippen molar-refractivity contribution in [1.82, 2.24) is 10.6 Å². The summed E-state index contributed by atoms with van der Waals surface area (Å²) in [5, 5.41) is 27.3. The molecular weight excluding hydrogens is 504 g/mol. The van der Waals surface area contributed by atoms with E-state index in [1.165, 1.54) is 0 Å². The Labute approximate surface area is 237 Å². The summed E-state index contributed by atoms with van der Waals surface area (Å²) in [7, 11) is 0. The van der Waals surface area contributed by atoms with E-state index in [9.17, 15) is 19.8 Å². The van der Waals surface area contributed by atoms with Crippen LogP contribution in [0.3, 0.4) is 0 Å². The lowest BCUT2D eigenvalue weighted by Crippen LogP contribution is -2.49. The minimum Gasteiger partial charge on any atom is -0.444 e. The standard InChI is InChI=1S/C33H42N2O5/c1-33(2,3)40-32(39)35-29(21-26-17-11-6-12-18-26)30(37)22-27(19-24-13-7-4-8-14-24)31(38)34-28(23-36)20-25-15-9-5-10-16-25/h4-18,27-30,36-37H,19-23H2,1-3H3,(H,34,38)(H,35,39). The van der Waals surface area contributed by atoms with Gasteiger partial charge in [-0.3, -0.25) is 4.79 Å². The van der Waals surface area contributed by atoms with Crippen LogP contribution in [0, 0.1) is 5.92 Å². The van der Waals surface area contributed by atoms with Gasteiger partial charge in [0.25, 0.3) is 0 Å². The van der Waals surface area contributed by atoms with E-state index in [4.69, 9.17) is 4.74 Å². The molecule has 0 bridgehead atoms. The number of amides is 2. The van der Waals surface area contributed by atoms with Gasteiger partial charge in [-0.2, -0.15) is 0 Å². The summed E-state index contributed by atoms with van der Waals surface area (Å²) in [4.78, 5) is 26.3. The molecule has 0 aliphatic carbocycles. The van der Waals surface area contributed by atoms with Crippen LogP contribution in [0.4, 0.5) is 4.79 Å². The van der Waals surface area contributed by atoms with Crippen LogP contribution in [-0.2, 0) is 28.8 Å². The summed E-state index contributed by atoms with van der Waals surface area (Å²) in [5.41, 5.74) is 2.21. The van der Waals surface area contributed by atoms with Crippen molar-refractivity contribution in [2.45, 2.75) is 70.2 Å². The Hall–Kier alpha value is -3.68. The molecule has 7 nitrogen and oxygen atoms in total. The van der Waals surface area contributed by atoms with E-state index in [1.807, 2.05) is 91.0 Å². The molecule has 2 amide bonds. The van der Waals surface area contributed by atoms with Gasteiger partial charge in [0.2, 0.25) is 5.91 Å². The van der Waals surface area contributed by atoms with Crippen molar-refractivity contribution in [3.8, 4) is 0 Å². The molecule has 0 fully saturated rings. The fraction of sp³-hybridized carbons (Fsp3) is 0.394. The van der Waals surface area contributed by atoms with Crippen molar-refractivity contribution in [2.24, 2.45) is 5.92 Å². The molecule has 0 aromatic heterocycles. The van der Waals surface area contributed by atoms with Gasteiger partial charge in [-0.05, 0) is 63.1 Å². The highest BCUT2D eigenvalue weighted by molar-refractivity contribution is 5.79. The number of carbonyl (C=O) groups excluding carboxylic acids is 2. The average molecular weight is 547 g/mol. The predicted octanol–water partition coefficient (Wildman–Crippen LogP) is 4.45. The van der Waals surface area contributed by atoms with Gasteiger partial charge in [0.1, 0.15) is 5.60 Å². The summed E-state index contributed by atoms with van der Waals surface area (Å²) < 4.78 is 5.46. The number of hydrogen-bond donors (Lipinski definition) is 4. The van der Waals surface area contributed by atoms with E-state index in [1.54, 1.807) is 20.8 Å². The lowest BCUT2D eigenvalue weighted by atomic mass is 9.88. The summed E-state index contributed by atoms with van der Waals surface area (Å²) in [6, 6.07) is 27.7. The van der Waals surface area contributed by atoms with E-state index in [0.717, 1.165) is 16.7 Å². The first-order chi connectivity index (χ1) is 19.1. The Kier molecular flexibility index (Phi) is 11.7. The zero-order valence-electron chi connectivity index (χ0n) is 23.6. The molecule has 0 spiro atoms. The number of ether oxygens (including phenoxy) is 1. The molecule has 0 radical (unpaired) electrons. The molecule has 3 aromatic rings. The molecule has 4 unspecified atom stereocenters. The van der Waals surface area contributed by atoms with Crippen molar-refractivity contribution >= 4 is 12.0 Å². The zero-order valence-corrected chi connectivity index (χ0v) is 23.6. The molecule has 0 aliphatic heterocycles. The zero-order chi connectivity index (χ0) is 29.0. The highest BCUT2D eigenvalue weighted by Gasteiger charge is 2.31. The van der Waals surface area contributed by atoms with Crippen molar-refractivity contribution in [2.75, 3.05) is 6.61 Å². The van der Waals surface area contributed by atoms with Crippen LogP contribution in [0.2, 0.25) is 0 Å². The maximum absolute atomic E-state index is 13.6. The number of benzene rings is 3. The normalized spacial score (nSPS) is 14.4. The monoisotopic (exact) mass is 546 g/mol. The first-order valence-corrected chi connectivity index (χ1v) is 13.8. The molecule has 7 heteroatoms. The number of aliphatic hydroxyl groups is 2. The molecule has 3 rings (SSSR count). The third-order valence-corrected chi connectivity index (χ3v) is 6.58. The third kappa shape index (κ3) is 10.8. The Bertz CT molecular complexity index is 1170. The fourth-order valence-corrected chi connectivity index (χ4v) is 4.63. The van der Waals surface area contributed by atoms with Crippen molar-refractivity contribution < 1.29 is 24.5 Å². The summed E-state index contributed by atoms with van der Waals surface area (Å²) >= 11 is 0. The Morgan fingerprint density at radius 3 is 1.70 bits per heavy atom. The van der Waals surface area contributed by atoms with Crippen LogP contribution in [-0.4, -0.2) is 52.6 Å². The van der Waals surface area contributed by atoms with Gasteiger partial charge in [-0.15, -0.1) is 0 Å². The highest BCUT2D eigenvalue weighted by Crippen LogP contribution is 2.20. The van der Waals surface area contributed by atoms with Crippen molar-refractivity contribution in [1.29, 1.82) is 0 Å². The van der Waals surface area contributed by atoms with E-state index >= 15 is 0 Å². The molecule has 4 N–H and O–H groups in total. The molecule has 40 heavy (non-hydrogen) atoms. The fourth-order valence-electron chi connectivity index (χ4n) is 4.63. The largest absolute Gasteiger partial charge is 0.444 e. The first-order valence-electron chi connectivity index (χ1n) is 13.8. The molecule has 0 saturated carbocycles. The number of nitrogens with one attached hydrogen (secondary N) is 2. The smallest absolute Gasteiger partial charge is 0.407 e. The Morgan fingerprint density at radius 1 is 0.750 bits per heavy atom. The van der Waals surface area contributed by atoms with E-state index in [0.29, 0.717) is 19.3 Å². The van der Waals surface area contributed by atoms with E-state index in [2.05, 4.69) is 10.6 Å². The SMILES string of the molecule is CC(C)(C)OC(=O)NC(Cc1ccccc1)C(O)CC(Cc1ccccc1)C(=O)NC(CO)Cc1ccccc1. The number of hydrogen-bond acceptors (Lipinski definition) is 5. The average Bonchev–Trinajstić information content (AvgIpc) is 2.92. The second-order valence-electron chi connectivity index (χ2n) is 11.2. The van der Waals surface area contributed by atoms with Crippen LogP contribution in [0.1, 0.15) is 43.9 Å². The van der Waals surface area contributed by atoms with Gasteiger partial charge in [-0.25, -0.2) is 4.79 Å². The summed E-state index contributed by atoms with van der Waals surface area (Å²) in [6.45, 7) is 5.13. The minimum atomic E-state index is -1.03. The first kappa shape index (κ1) is 30.9. The number of aliphatic hydroxyl groups excluding tert-OH is 2. The molecular formula is C33H42N2O5. The van der Waals surface area contributed by atoms with E-state index < -0.39 is 35.8 Å². The number of carbonyl (C=O) groups is 2. The molecule has 3 aromatic carbocycles. The number of alkyl carbamates (subject to hydrolysis) is 1. The van der Waals surface area contributed by atoms with Crippen LogP contribution >= 0.6 is 0 Å². The van der Waals surface area contributed by atoms with Crippen LogP contribution in [0.5, 0.6) is 0 Å². The minimum absolute atomic E-state index is 0.109. The Morgan fingerprint density at radius 2 is 1.23 bits per heavy atom. The van der Waals surface area contributed by atoms with Crippen LogP contribution < -0.4 is 10.6 Å². The molecule has 0 saturated heterocycles. The van der Waals surface area contributed by atoms with Gasteiger partial charge in [0, 0.05) is 5.92 Å². The number of rotatable bonds is 13. The maximum atomic E-state index is 13.6. The van der Waals surface area contributed by atoms with Gasteiger partial charge in [0.15, 0.2) is 0 Å². The maximum Gasteiger partial charge on any atom is 0.407 e. The molecule has 214 valence electrons. The summed E-state index contributed by atoms with van der Waals surface area (Å²) in [5.74, 6) is -0.852. The Balaban J connectivity index is 1.79. The second-order valence-corrected chi connectivity index (χ2v) is 11.2. The van der Waals surface area contributed by atoms with Crippen molar-refractivity contribution in [3.63, 3.8) is 0 Å². The molecule has 0 aliphatic rings. The van der Waals surface area contributed by atoms with Gasteiger partial charge in [0.05, 0.1) is 24.8 Å². The van der Waals surface area contributed by atoms with Crippen LogP contribution in [0.25, 0.3) is 0 Å².